The molecule has 692 valence electrons. The van der Waals surface area contributed by atoms with Crippen molar-refractivity contribution in [3.63, 3.8) is 0 Å². The van der Waals surface area contributed by atoms with Crippen LogP contribution in [-0.4, -0.2) is 0 Å². The molecule has 10 heteroatoms. The highest BCUT2D eigenvalue weighted by Crippen LogP contribution is 2.72. The van der Waals surface area contributed by atoms with E-state index in [2.05, 4.69) is 227 Å². The lowest BCUT2D eigenvalue weighted by atomic mass is 9.71. The van der Waals surface area contributed by atoms with E-state index in [0.717, 1.165) is 149 Å². The van der Waals surface area contributed by atoms with Crippen LogP contribution in [0.5, 0.6) is 0 Å². The van der Waals surface area contributed by atoms with Crippen molar-refractivity contribution in [2.45, 2.75) is 325 Å². The van der Waals surface area contributed by atoms with Gasteiger partial charge in [-0.15, -0.1) is 0 Å². The Morgan fingerprint density at radius 2 is 0.444 bits per heavy atom. The quantitative estimate of drug-likeness (QED) is 0.151. The molecule has 133 heavy (non-hydrogen) atoms. The van der Waals surface area contributed by atoms with E-state index >= 15 is 17.6 Å². The van der Waals surface area contributed by atoms with Crippen LogP contribution in [0.3, 0.4) is 0 Å². The maximum atomic E-state index is 16.7. The van der Waals surface area contributed by atoms with Crippen LogP contribution in [0.4, 0.5) is 26.3 Å². The third kappa shape index (κ3) is 14.2. The summed E-state index contributed by atoms with van der Waals surface area (Å²) in [6, 6.07) is 62.9. The van der Waals surface area contributed by atoms with Crippen molar-refractivity contribution in [1.29, 1.82) is 0 Å². The summed E-state index contributed by atoms with van der Waals surface area (Å²) in [6.45, 7) is 57.2. The first-order valence-electron chi connectivity index (χ1n) is 48.0. The minimum absolute atomic E-state index is 0.0612. The van der Waals surface area contributed by atoms with Gasteiger partial charge in [0, 0.05) is 91.7 Å². The van der Waals surface area contributed by atoms with Gasteiger partial charge in [0.2, 0.25) is 0 Å². The molecule has 0 heterocycles. The van der Waals surface area contributed by atoms with Crippen molar-refractivity contribution >= 4 is 46.4 Å². The van der Waals surface area contributed by atoms with Crippen molar-refractivity contribution < 1.29 is 26.3 Å². The molecule has 0 aliphatic heterocycles. The molecule has 5 spiro atoms. The number of aryl methyl sites for hydroxylation is 4. The largest absolute Gasteiger partial charge is 0.207 e. The topological polar surface area (TPSA) is 0 Å². The Morgan fingerprint density at radius 3 is 0.744 bits per heavy atom. The molecule has 0 aromatic heterocycles. The fraction of sp³-hybridized carbons (Fsp3) is 0.415. The third-order valence-electron chi connectivity index (χ3n) is 34.0. The van der Waals surface area contributed by atoms with Gasteiger partial charge in [0.05, 0.1) is 0 Å². The maximum Gasteiger partial charge on any atom is 0.135 e. The summed E-state index contributed by atoms with van der Waals surface area (Å²) < 4.78 is 93.6. The molecule has 0 saturated carbocycles. The second-order valence-electron chi connectivity index (χ2n) is 48.5. The number of hydrogen-bond donors (Lipinski definition) is 0. The van der Waals surface area contributed by atoms with E-state index < -0.39 is 16.2 Å². The molecule has 0 N–H and O–H groups in total. The van der Waals surface area contributed by atoms with Gasteiger partial charge in [0.25, 0.3) is 0 Å². The van der Waals surface area contributed by atoms with Crippen LogP contribution in [0.1, 0.15) is 347 Å². The van der Waals surface area contributed by atoms with Crippen molar-refractivity contribution in [2.24, 2.45) is 0 Å². The minimum atomic E-state index is -0.707. The van der Waals surface area contributed by atoms with E-state index in [1.165, 1.54) is 78.9 Å². The van der Waals surface area contributed by atoms with Crippen LogP contribution in [-0.2, 0) is 81.2 Å². The summed E-state index contributed by atoms with van der Waals surface area (Å²) in [5.74, 6) is -1.15. The summed E-state index contributed by atoms with van der Waals surface area (Å²) in [7, 11) is 0. The zero-order chi connectivity index (χ0) is 96.3. The zero-order valence-corrected chi connectivity index (χ0v) is 85.8. The Labute approximate surface area is 808 Å². The summed E-state index contributed by atoms with van der Waals surface area (Å²) in [6.07, 6.45) is 8.68. The SMILES string of the molecule is CC1(C)CC2(CC(C)(C)c3ccc(-c4ccccc4)c(F)c32)c2c1ccc(-c1ccccc1)c2F.CC1(C)CC2(CC(C)(C)c3cccc(Cl)c32)c2c(Cl)cccc21.CC1(C)CC2(CC(C)(C)c3cccc(F)c32)c2c(F)cccc21.Cc1cc(F)c2c(c1)C(C)(C)CC21CC(C)(C)c2cc(C)cc(F)c21.Cc1cc2c(c(Cl)c1C)C1(CC2(C)C)CC(C)(C)c2cc(C)c(C)c(Cl)c21. The lowest BCUT2D eigenvalue weighted by Crippen LogP contribution is -2.28. The summed E-state index contributed by atoms with van der Waals surface area (Å²) >= 11 is 27.6. The molecule has 12 aromatic carbocycles. The second kappa shape index (κ2) is 31.2. The molecule has 10 aliphatic rings. The van der Waals surface area contributed by atoms with E-state index in [4.69, 9.17) is 46.4 Å². The Bertz CT molecular complexity index is 6310. The third-order valence-corrected chi connectivity index (χ3v) is 35.6. The molecule has 0 unspecified atom stereocenters. The fourth-order valence-corrected chi connectivity index (χ4v) is 31.3. The van der Waals surface area contributed by atoms with Crippen LogP contribution in [0.15, 0.2) is 194 Å². The molecule has 12 aromatic rings. The van der Waals surface area contributed by atoms with Gasteiger partial charge in [0.1, 0.15) is 34.9 Å². The summed E-state index contributed by atoms with van der Waals surface area (Å²) in [5.41, 5.74) is 28.3. The van der Waals surface area contributed by atoms with Crippen LogP contribution in [0.25, 0.3) is 22.3 Å². The summed E-state index contributed by atoms with van der Waals surface area (Å²) in [5, 5.41) is 3.68. The minimum Gasteiger partial charge on any atom is -0.207 e. The van der Waals surface area contributed by atoms with E-state index in [1.807, 2.05) is 111 Å². The van der Waals surface area contributed by atoms with Gasteiger partial charge in [-0.25, -0.2) is 26.3 Å². The zero-order valence-electron chi connectivity index (χ0n) is 82.8. The molecule has 10 aliphatic carbocycles. The van der Waals surface area contributed by atoms with Gasteiger partial charge in [-0.05, 0) is 319 Å². The molecular formula is C123H130Cl4F6. The normalized spacial score (nSPS) is 20.8. The van der Waals surface area contributed by atoms with Gasteiger partial charge >= 0.3 is 0 Å². The Kier molecular flexibility index (Phi) is 22.2. The maximum absolute atomic E-state index is 16.7. The van der Waals surface area contributed by atoms with Crippen LogP contribution in [0, 0.1) is 76.4 Å². The van der Waals surface area contributed by atoms with Crippen molar-refractivity contribution in [3.05, 3.63) is 394 Å². The van der Waals surface area contributed by atoms with E-state index in [-0.39, 0.29) is 99.9 Å². The van der Waals surface area contributed by atoms with Gasteiger partial charge < -0.3 is 0 Å². The first kappa shape index (κ1) is 94.7. The highest BCUT2D eigenvalue weighted by Gasteiger charge is 2.65. The van der Waals surface area contributed by atoms with Crippen LogP contribution in [0.2, 0.25) is 20.1 Å². The van der Waals surface area contributed by atoms with Gasteiger partial charge in [0.15, 0.2) is 0 Å². The highest BCUT2D eigenvalue weighted by atomic mass is 35.5. The number of halogens is 10. The molecule has 0 fully saturated rings. The van der Waals surface area contributed by atoms with Crippen molar-refractivity contribution in [2.75, 3.05) is 0 Å². The standard InChI is InChI=1S/C33H30F2.C25H30Cl2.C23H26F2.C21H22Cl2.C21H22F2/c1-31(2)19-33(27-25(31)17-15-23(29(27)34)21-11-7-5-8-12-21)20-32(3,4)26-18-16-24(30(35)28(26)33)22-13-9-6-10-14-22;1-13-9-17-19(21(26)15(13)3)25(11-23(17,5)6)12-24(7,8)18-10-14(2)16(4)22(27)20(18)25;1-13-7-15-19(17(24)9-13)23(11-21(15,3)4)12-22(5,6)16-8-14(2)10-18(25)20(16)23;2*1-19(2)11-21(17-13(19)7-5-9-15(17)22)12-20(3,4)14-8-6-10-16(23)18(14)21/h5-18H,19-20H2,1-4H3;9-10H,11-12H2,1-8H3;7-10H,11-12H2,1-6H3;2*5-10H,11-12H2,1-4H3. The predicted octanol–water partition coefficient (Wildman–Crippen LogP) is 35.3. The van der Waals surface area contributed by atoms with Crippen LogP contribution < -0.4 is 0 Å². The Hall–Kier alpha value is -8.62. The average Bonchev–Trinajstić information content (AvgIpc) is 1.53. The van der Waals surface area contributed by atoms with E-state index in [0.29, 0.717) is 35.1 Å². The van der Waals surface area contributed by atoms with Gasteiger partial charge in [-0.2, -0.15) is 0 Å². The average molecular weight is 1860 g/mol. The first-order chi connectivity index (χ1) is 61.8. The van der Waals surface area contributed by atoms with Crippen molar-refractivity contribution in [3.8, 4) is 22.3 Å². The molecule has 0 amide bonds. The molecule has 0 nitrogen and oxygen atoms in total. The fourth-order valence-electron chi connectivity index (χ4n) is 29.7. The first-order valence-corrected chi connectivity index (χ1v) is 49.6. The summed E-state index contributed by atoms with van der Waals surface area (Å²) in [4.78, 5) is 0. The molecule has 0 saturated heterocycles. The van der Waals surface area contributed by atoms with E-state index in [1.54, 1.807) is 24.3 Å². The smallest absolute Gasteiger partial charge is 0.135 e. The van der Waals surface area contributed by atoms with Crippen LogP contribution >= 0.6 is 46.4 Å². The number of hydrogen-bond acceptors (Lipinski definition) is 0. The number of rotatable bonds is 2. The highest BCUT2D eigenvalue weighted by molar-refractivity contribution is 6.34. The Balaban J connectivity index is 0.000000112. The van der Waals surface area contributed by atoms with E-state index in [9.17, 15) is 8.78 Å². The molecular weight excluding hydrogens is 1730 g/mol. The second-order valence-corrected chi connectivity index (χ2v) is 50.1. The van der Waals surface area contributed by atoms with Crippen molar-refractivity contribution in [1.82, 2.24) is 0 Å². The molecule has 0 radical (unpaired) electrons. The number of benzene rings is 12. The lowest BCUT2D eigenvalue weighted by Gasteiger charge is -2.32. The number of fused-ring (bicyclic) bond motifs is 20. The van der Waals surface area contributed by atoms with Gasteiger partial charge in [-0.1, -0.05) is 343 Å². The monoisotopic (exact) mass is 1860 g/mol. The predicted molar refractivity (Wildman–Crippen MR) is 544 cm³/mol. The Morgan fingerprint density at radius 1 is 0.211 bits per heavy atom. The van der Waals surface area contributed by atoms with Gasteiger partial charge in [-0.3, -0.25) is 0 Å². The molecule has 22 rings (SSSR count). The molecule has 0 bridgehead atoms. The molecule has 0 atom stereocenters. The lowest BCUT2D eigenvalue weighted by molar-refractivity contribution is 0.338.